The highest BCUT2D eigenvalue weighted by Crippen LogP contribution is 2.54. The lowest BCUT2D eigenvalue weighted by molar-refractivity contribution is -0.136. The number of halogens is 1. The van der Waals surface area contributed by atoms with Gasteiger partial charge in [-0.15, -0.1) is 0 Å². The molecule has 0 amide bonds. The summed E-state index contributed by atoms with van der Waals surface area (Å²) in [7, 11) is 0. The van der Waals surface area contributed by atoms with Crippen LogP contribution in [0, 0.1) is 5.41 Å². The highest BCUT2D eigenvalue weighted by atomic mass is 79.9. The molecule has 140 valence electrons. The predicted octanol–water partition coefficient (Wildman–Crippen LogP) is 4.46. The number of cyclic esters (lactones) is 1. The lowest BCUT2D eigenvalue weighted by Crippen LogP contribution is -2.41. The van der Waals surface area contributed by atoms with Crippen LogP contribution in [0.5, 0.6) is 0 Å². The summed E-state index contributed by atoms with van der Waals surface area (Å²) in [4.78, 5) is 28.3. The van der Waals surface area contributed by atoms with Gasteiger partial charge in [0.1, 0.15) is 6.61 Å². The summed E-state index contributed by atoms with van der Waals surface area (Å²) in [5.41, 5.74) is 4.54. The van der Waals surface area contributed by atoms with Crippen molar-refractivity contribution in [1.29, 1.82) is 0 Å². The standard InChI is InChI=1S/C22H22BrNO3/c1-22(2)9-15-19(17(25)10-22)18(12-3-5-13(23)6-4-12)20-16(11-27-21(20)26)24(15)14-7-8-14/h3-6,14,18H,7-11H2,1-2H3. The maximum atomic E-state index is 13.3. The van der Waals surface area contributed by atoms with Gasteiger partial charge in [-0.1, -0.05) is 41.9 Å². The number of Topliss-reactive ketones (excluding diaryl/α,β-unsaturated/α-hetero) is 1. The fraction of sp³-hybridized carbons (Fsp3) is 0.455. The predicted molar refractivity (Wildman–Crippen MR) is 105 cm³/mol. The number of rotatable bonds is 2. The van der Waals surface area contributed by atoms with Gasteiger partial charge >= 0.3 is 5.97 Å². The molecule has 27 heavy (non-hydrogen) atoms. The molecule has 1 atom stereocenters. The number of hydrogen-bond acceptors (Lipinski definition) is 4. The number of esters is 1. The largest absolute Gasteiger partial charge is 0.456 e. The van der Waals surface area contributed by atoms with Crippen molar-refractivity contribution in [2.45, 2.75) is 51.5 Å². The molecule has 0 aromatic heterocycles. The Morgan fingerprint density at radius 1 is 1.04 bits per heavy atom. The molecule has 2 aliphatic heterocycles. The van der Waals surface area contributed by atoms with Crippen LogP contribution >= 0.6 is 15.9 Å². The third-order valence-corrected chi connectivity index (χ3v) is 6.57. The zero-order valence-electron chi connectivity index (χ0n) is 15.5. The normalized spacial score (nSPS) is 26.9. The molecule has 1 unspecified atom stereocenters. The van der Waals surface area contributed by atoms with Gasteiger partial charge < -0.3 is 9.64 Å². The number of hydrogen-bond donors (Lipinski definition) is 0. The highest BCUT2D eigenvalue weighted by Gasteiger charge is 2.51. The molecule has 5 heteroatoms. The first kappa shape index (κ1) is 17.2. The van der Waals surface area contributed by atoms with Gasteiger partial charge in [0.15, 0.2) is 5.78 Å². The van der Waals surface area contributed by atoms with Crippen molar-refractivity contribution in [3.05, 3.63) is 56.8 Å². The molecule has 1 aromatic rings. The molecule has 0 spiro atoms. The quantitative estimate of drug-likeness (QED) is 0.653. The molecule has 2 aliphatic carbocycles. The summed E-state index contributed by atoms with van der Waals surface area (Å²) in [6.07, 6.45) is 3.61. The first-order chi connectivity index (χ1) is 12.9. The number of benzene rings is 1. The zero-order valence-corrected chi connectivity index (χ0v) is 17.1. The van der Waals surface area contributed by atoms with E-state index in [1.165, 1.54) is 0 Å². The Bertz CT molecular complexity index is 921. The van der Waals surface area contributed by atoms with Crippen LogP contribution < -0.4 is 0 Å². The van der Waals surface area contributed by atoms with Crippen LogP contribution in [0.1, 0.15) is 51.0 Å². The summed E-state index contributed by atoms with van der Waals surface area (Å²) in [6.45, 7) is 4.65. The molecule has 5 rings (SSSR count). The molecule has 0 saturated heterocycles. The van der Waals surface area contributed by atoms with E-state index in [4.69, 9.17) is 4.74 Å². The van der Waals surface area contributed by atoms with E-state index in [0.717, 1.165) is 46.3 Å². The van der Waals surface area contributed by atoms with Crippen molar-refractivity contribution in [3.8, 4) is 0 Å². The van der Waals surface area contributed by atoms with Gasteiger partial charge in [0.25, 0.3) is 0 Å². The Morgan fingerprint density at radius 2 is 1.74 bits per heavy atom. The van der Waals surface area contributed by atoms with E-state index in [-0.39, 0.29) is 23.1 Å². The second kappa shape index (κ2) is 5.81. The van der Waals surface area contributed by atoms with E-state index < -0.39 is 0 Å². The van der Waals surface area contributed by atoms with Crippen LogP contribution in [0.2, 0.25) is 0 Å². The van der Waals surface area contributed by atoms with Crippen LogP contribution in [0.4, 0.5) is 0 Å². The lowest BCUT2D eigenvalue weighted by Gasteiger charge is -2.44. The summed E-state index contributed by atoms with van der Waals surface area (Å²) in [5.74, 6) is -0.407. The van der Waals surface area contributed by atoms with Crippen LogP contribution in [0.3, 0.4) is 0 Å². The minimum Gasteiger partial charge on any atom is -0.456 e. The fourth-order valence-corrected chi connectivity index (χ4v) is 5.07. The average molecular weight is 428 g/mol. The first-order valence-corrected chi connectivity index (χ1v) is 10.4. The lowest BCUT2D eigenvalue weighted by atomic mass is 9.68. The van der Waals surface area contributed by atoms with Gasteiger partial charge in [-0.25, -0.2) is 4.79 Å². The van der Waals surface area contributed by atoms with Gasteiger partial charge in [-0.05, 0) is 42.4 Å². The maximum Gasteiger partial charge on any atom is 0.337 e. The monoisotopic (exact) mass is 427 g/mol. The molecule has 1 aromatic carbocycles. The second-order valence-corrected chi connectivity index (χ2v) is 9.74. The van der Waals surface area contributed by atoms with Crippen molar-refractivity contribution < 1.29 is 14.3 Å². The summed E-state index contributed by atoms with van der Waals surface area (Å²) < 4.78 is 6.46. The number of nitrogens with zero attached hydrogens (tertiary/aromatic N) is 1. The van der Waals surface area contributed by atoms with Gasteiger partial charge in [0, 0.05) is 34.1 Å². The minimum atomic E-state index is -0.309. The van der Waals surface area contributed by atoms with E-state index in [9.17, 15) is 9.59 Å². The minimum absolute atomic E-state index is 0.0607. The number of ether oxygens (including phenoxy) is 1. The second-order valence-electron chi connectivity index (χ2n) is 8.82. The fourth-order valence-electron chi connectivity index (χ4n) is 4.80. The number of carbonyl (C=O) groups is 2. The van der Waals surface area contributed by atoms with Crippen molar-refractivity contribution in [3.63, 3.8) is 0 Å². The van der Waals surface area contributed by atoms with Gasteiger partial charge in [-0.2, -0.15) is 0 Å². The average Bonchev–Trinajstić information content (AvgIpc) is 3.36. The summed E-state index contributed by atoms with van der Waals surface area (Å²) in [5, 5.41) is 0. The molecule has 4 aliphatic rings. The Balaban J connectivity index is 1.74. The van der Waals surface area contributed by atoms with Crippen molar-refractivity contribution in [1.82, 2.24) is 4.90 Å². The first-order valence-electron chi connectivity index (χ1n) is 9.57. The molecule has 0 bridgehead atoms. The molecular weight excluding hydrogens is 406 g/mol. The molecule has 1 fully saturated rings. The van der Waals surface area contributed by atoms with Crippen LogP contribution in [-0.4, -0.2) is 29.3 Å². The molecule has 0 radical (unpaired) electrons. The van der Waals surface area contributed by atoms with Gasteiger partial charge in [0.05, 0.1) is 11.3 Å². The number of ketones is 1. The Labute approximate surface area is 167 Å². The smallest absolute Gasteiger partial charge is 0.337 e. The Hall–Kier alpha value is -1.88. The molecule has 2 heterocycles. The van der Waals surface area contributed by atoms with Gasteiger partial charge in [0.2, 0.25) is 0 Å². The topological polar surface area (TPSA) is 46.6 Å². The number of allylic oxidation sites excluding steroid dienone is 2. The highest BCUT2D eigenvalue weighted by molar-refractivity contribution is 9.10. The van der Waals surface area contributed by atoms with E-state index in [0.29, 0.717) is 24.6 Å². The van der Waals surface area contributed by atoms with Gasteiger partial charge in [-0.3, -0.25) is 4.79 Å². The van der Waals surface area contributed by atoms with Crippen LogP contribution in [-0.2, 0) is 14.3 Å². The molecule has 0 N–H and O–H groups in total. The van der Waals surface area contributed by atoms with E-state index >= 15 is 0 Å². The zero-order chi connectivity index (χ0) is 18.9. The van der Waals surface area contributed by atoms with E-state index in [1.54, 1.807) is 0 Å². The number of carbonyl (C=O) groups excluding carboxylic acids is 2. The summed E-state index contributed by atoms with van der Waals surface area (Å²) in [6, 6.07) is 8.37. The van der Waals surface area contributed by atoms with Crippen molar-refractivity contribution in [2.75, 3.05) is 6.61 Å². The maximum absolute atomic E-state index is 13.3. The summed E-state index contributed by atoms with van der Waals surface area (Å²) >= 11 is 3.48. The molecule has 4 nitrogen and oxygen atoms in total. The SMILES string of the molecule is CC1(C)CC(=O)C2=C(C1)N(C1CC1)C1=C(C(=O)OC1)C2c1ccc(Br)cc1. The molecular formula is C22H22BrNO3. The van der Waals surface area contributed by atoms with Crippen molar-refractivity contribution >= 4 is 27.7 Å². The van der Waals surface area contributed by atoms with Crippen molar-refractivity contribution in [2.24, 2.45) is 5.41 Å². The van der Waals surface area contributed by atoms with Crippen LogP contribution in [0.25, 0.3) is 0 Å². The van der Waals surface area contributed by atoms with E-state index in [2.05, 4.69) is 34.7 Å². The third kappa shape index (κ3) is 2.70. The Kier molecular flexibility index (Phi) is 3.71. The molecule has 1 saturated carbocycles. The van der Waals surface area contributed by atoms with Crippen LogP contribution in [0.15, 0.2) is 51.3 Å². The third-order valence-electron chi connectivity index (χ3n) is 6.04. The van der Waals surface area contributed by atoms with E-state index in [1.807, 2.05) is 24.3 Å². The Morgan fingerprint density at radius 3 is 2.41 bits per heavy atom.